The Morgan fingerprint density at radius 3 is 0.782 bits per heavy atom. The lowest BCUT2D eigenvalue weighted by Crippen LogP contribution is -2.97. The van der Waals surface area contributed by atoms with E-state index in [0.717, 1.165) is 0 Å². The normalized spacial score (nSPS) is 23.8. The molecule has 4 aliphatic heterocycles. The molecular formula is C78H88F40O29. The van der Waals surface area contributed by atoms with Gasteiger partial charge >= 0.3 is 126 Å². The molecular weight excluding hydrogens is 2160 g/mol. The summed E-state index contributed by atoms with van der Waals surface area (Å²) in [6.45, 7) is -19.1. The molecule has 4 heterocycles. The summed E-state index contributed by atoms with van der Waals surface area (Å²) >= 11 is 0. The van der Waals surface area contributed by atoms with Gasteiger partial charge in [-0.3, -0.25) is 13.2 Å². The third-order valence-corrected chi connectivity index (χ3v) is 19.2. The summed E-state index contributed by atoms with van der Waals surface area (Å²) in [6.07, 6.45) is -38.1. The second-order valence-electron chi connectivity index (χ2n) is 31.2. The quantitative estimate of drug-likeness (QED) is 0.0179. The van der Waals surface area contributed by atoms with Gasteiger partial charge in [-0.25, -0.2) is 86.2 Å². The van der Waals surface area contributed by atoms with Crippen LogP contribution in [0.2, 0.25) is 0 Å². The third kappa shape index (κ3) is 37.3. The van der Waals surface area contributed by atoms with Crippen LogP contribution in [0.15, 0.2) is 88.6 Å². The van der Waals surface area contributed by atoms with Crippen molar-refractivity contribution in [3.8, 4) is 0 Å². The predicted octanol–water partition coefficient (Wildman–Crippen LogP) is 15.4. The zero-order valence-electron chi connectivity index (χ0n) is 75.0. The minimum atomic E-state index is -6.54. The number of halogens is 40. The molecule has 0 aromatic carbocycles. The molecule has 0 spiro atoms. The monoisotopic (exact) mass is 2250 g/mol. The number of fused-ring (bicyclic) bond motifs is 1. The van der Waals surface area contributed by atoms with Crippen LogP contribution in [-0.4, -0.2) is 363 Å². The Balaban J connectivity index is 0.00000101. The topological polar surface area (TPSA) is 336 Å². The molecule has 4 saturated heterocycles. The van der Waals surface area contributed by atoms with Crippen LogP contribution in [-0.2, 0) is 138 Å². The largest absolute Gasteiger partial charge is 0.462 e. The summed E-state index contributed by atoms with van der Waals surface area (Å²) in [5, 5.41) is 0. The minimum Gasteiger partial charge on any atom is -0.462 e. The number of carbonyl (C=O) groups is 7. The van der Waals surface area contributed by atoms with Crippen LogP contribution in [0.4, 0.5) is 176 Å². The molecule has 0 aromatic heterocycles. The number of carbonyl (C=O) groups excluding carboxylic acids is 7. The van der Waals surface area contributed by atoms with Gasteiger partial charge in [-0.05, 0) is 26.4 Å². The van der Waals surface area contributed by atoms with E-state index in [1.807, 2.05) is 0 Å². The van der Waals surface area contributed by atoms with E-state index in [-0.39, 0.29) is 26.4 Å². The van der Waals surface area contributed by atoms with E-state index >= 15 is 61.5 Å². The van der Waals surface area contributed by atoms with E-state index < -0.39 is 366 Å². The lowest BCUT2D eigenvalue weighted by molar-refractivity contribution is -0.463. The van der Waals surface area contributed by atoms with Crippen molar-refractivity contribution < 1.29 is 314 Å². The van der Waals surface area contributed by atoms with Gasteiger partial charge in [0.25, 0.3) is 0 Å². The highest BCUT2D eigenvalue weighted by molar-refractivity contribution is 5.83. The fraction of sp³-hybridized carbons (Fsp3) is 0.731. The van der Waals surface area contributed by atoms with Crippen molar-refractivity contribution in [1.29, 1.82) is 0 Å². The first kappa shape index (κ1) is 136. The average molecular weight is 2250 g/mol. The first-order valence-corrected chi connectivity index (χ1v) is 40.0. The van der Waals surface area contributed by atoms with E-state index in [4.69, 9.17) is 37.9 Å². The van der Waals surface area contributed by atoms with Crippen molar-refractivity contribution in [3.05, 3.63) is 88.6 Å². The van der Waals surface area contributed by atoms with Crippen LogP contribution < -0.4 is 0 Å². The van der Waals surface area contributed by atoms with Crippen molar-refractivity contribution in [2.75, 3.05) is 179 Å². The van der Waals surface area contributed by atoms with Gasteiger partial charge in [0.05, 0.1) is 131 Å². The molecule has 0 N–H and O–H groups in total. The lowest BCUT2D eigenvalue weighted by atomic mass is 9.44. The first-order valence-electron chi connectivity index (χ1n) is 40.0. The molecule has 69 heteroatoms. The number of hydrogen-bond acceptors (Lipinski definition) is 29. The van der Waals surface area contributed by atoms with Crippen LogP contribution in [0.5, 0.6) is 0 Å². The molecule has 854 valence electrons. The van der Waals surface area contributed by atoms with E-state index in [9.17, 15) is 148 Å². The molecule has 0 radical (unpaired) electrons. The van der Waals surface area contributed by atoms with E-state index in [1.165, 1.54) is 6.92 Å². The molecule has 0 amide bonds. The Kier molecular flexibility index (Phi) is 50.8. The first-order chi connectivity index (χ1) is 67.1. The molecule has 147 heavy (non-hydrogen) atoms. The van der Waals surface area contributed by atoms with Crippen molar-refractivity contribution >= 4 is 41.8 Å². The molecule has 0 bridgehead atoms. The molecule has 6 fully saturated rings. The van der Waals surface area contributed by atoms with E-state index in [2.05, 4.69) is 98.2 Å². The predicted molar refractivity (Wildman–Crippen MR) is 400 cm³/mol. The Morgan fingerprint density at radius 2 is 0.551 bits per heavy atom. The summed E-state index contributed by atoms with van der Waals surface area (Å²) in [4.78, 5) is 80.4. The molecule has 10 unspecified atom stereocenters. The maximum atomic E-state index is 17.8. The van der Waals surface area contributed by atoms with Gasteiger partial charge in [-0.2, -0.15) is 96.6 Å². The standard InChI is InChI=1S/C29H32F12O12.C26H32F10O8.3C6H5F5O3.C5H9F3/c1-5-19(42)47-10-9-27(36,37)51-12-23(11-46-13-24(30,31)14-48-20(43)6-2,28(38,39)52-17-25(32,33)15-49-21(44)7-3)29(40,41)53-18-26(34,35)16-50-22(45)8-4;27-19(11-37-3-15-7-41-15)1-2-20(28,12-38-4-16-8-42-16)24(32)22(30,14-40-6-18-10-44-18)26(35,36)25(33,34)21(29,23(19,24)31)13-39-5-17-9-43-17;3*1-2-4(12)13-3-5(7,8)6(9,10)14-11;1-5(2-6,3-7)4-8/h5-8H,1-4,9-18H2;15-18H,1-14H2;3*2H,1,3H2;2-4H2,1H3. The fourth-order valence-corrected chi connectivity index (χ4v) is 10.5. The second-order valence-corrected chi connectivity index (χ2v) is 31.2. The van der Waals surface area contributed by atoms with Gasteiger partial charge in [0.15, 0.2) is 56.4 Å². The average Bonchev–Trinajstić information content (AvgIpc) is 1.61. The van der Waals surface area contributed by atoms with Crippen LogP contribution >= 0.6 is 0 Å². The molecule has 0 aromatic rings. The smallest absolute Gasteiger partial charge is 0.452 e. The molecule has 2 aliphatic carbocycles. The van der Waals surface area contributed by atoms with Crippen LogP contribution in [0.25, 0.3) is 0 Å². The number of hydrogen-bond donors (Lipinski definition) is 0. The molecule has 2 saturated carbocycles. The summed E-state index contributed by atoms with van der Waals surface area (Å²) in [7, 11) is 0. The second kappa shape index (κ2) is 54.9. The van der Waals surface area contributed by atoms with Gasteiger partial charge in [0, 0.05) is 42.5 Å². The summed E-state index contributed by atoms with van der Waals surface area (Å²) in [5.74, 6) is -51.7. The zero-order valence-corrected chi connectivity index (χ0v) is 75.0. The van der Waals surface area contributed by atoms with Gasteiger partial charge in [-0.15, -0.1) is 14.8 Å². The highest BCUT2D eigenvalue weighted by atomic mass is 19.4. The highest BCUT2D eigenvalue weighted by Crippen LogP contribution is 2.76. The van der Waals surface area contributed by atoms with Crippen molar-refractivity contribution in [2.45, 2.75) is 169 Å². The third-order valence-electron chi connectivity index (χ3n) is 19.2. The van der Waals surface area contributed by atoms with Gasteiger partial charge in [-0.1, -0.05) is 53.0 Å². The minimum absolute atomic E-state index is 0.0188. The van der Waals surface area contributed by atoms with Crippen molar-refractivity contribution in [3.63, 3.8) is 0 Å². The van der Waals surface area contributed by atoms with E-state index in [1.54, 1.807) is 14.8 Å². The van der Waals surface area contributed by atoms with Gasteiger partial charge in [0.1, 0.15) is 44.2 Å². The summed E-state index contributed by atoms with van der Waals surface area (Å²) < 4.78 is 639. The number of rotatable bonds is 62. The Bertz CT molecular complexity index is 3990. The number of alkyl halides is 37. The fourth-order valence-electron chi connectivity index (χ4n) is 10.5. The van der Waals surface area contributed by atoms with Crippen molar-refractivity contribution in [2.24, 2.45) is 10.8 Å². The molecule has 6 aliphatic rings. The van der Waals surface area contributed by atoms with Crippen LogP contribution in [0, 0.1) is 10.8 Å². The summed E-state index contributed by atoms with van der Waals surface area (Å²) in [6, 6.07) is 0. The Hall–Kier alpha value is -8.93. The van der Waals surface area contributed by atoms with E-state index in [0.29, 0.717) is 42.5 Å². The van der Waals surface area contributed by atoms with Crippen molar-refractivity contribution in [1.82, 2.24) is 0 Å². The maximum Gasteiger partial charge on any atom is 0.452 e. The highest BCUT2D eigenvalue weighted by Gasteiger charge is 3.04. The molecule has 29 nitrogen and oxygen atoms in total. The van der Waals surface area contributed by atoms with Gasteiger partial charge < -0.3 is 90.0 Å². The molecule has 6 rings (SSSR count). The maximum absolute atomic E-state index is 17.8. The summed E-state index contributed by atoms with van der Waals surface area (Å²) in [5.41, 5.74) is -38.2. The SMILES string of the molecule is C=CC(=O)OCC(F)(F)C(F)(F)OF.C=CC(=O)OCC(F)(F)C(F)(F)OF.C=CC(=O)OCC(F)(F)C(F)(F)OF.C=CC(=O)OCCC(F)(F)OCC(COCC(F)(F)COC(=O)C=C)(C(F)(F)OCC(F)(F)COC(=O)C=C)C(F)(F)OCC(F)(F)COC(=O)C=C.CC(CF)(CF)CF.FC1(COCC2CO2)CCC(F)(COCC2CO2)C2(F)C(F)(COCC3CO3)C(F)(F)C(F)(F)C(F)(COCC3CO3)C12F. The Labute approximate surface area is 801 Å². The van der Waals surface area contributed by atoms with Crippen LogP contribution in [0.1, 0.15) is 26.2 Å². The number of esters is 7. The van der Waals surface area contributed by atoms with Crippen LogP contribution in [0.3, 0.4) is 0 Å². The number of ether oxygens (including phenoxy) is 19. The molecule has 10 atom stereocenters. The lowest BCUT2D eigenvalue weighted by Gasteiger charge is -2.68. The zero-order chi connectivity index (χ0) is 114. The Morgan fingerprint density at radius 1 is 0.313 bits per heavy atom. The van der Waals surface area contributed by atoms with Gasteiger partial charge in [0.2, 0.25) is 22.7 Å². The number of epoxide rings is 4.